The molecule has 29 heavy (non-hydrogen) atoms. The van der Waals surface area contributed by atoms with Crippen LogP contribution in [-0.4, -0.2) is 25.1 Å². The van der Waals surface area contributed by atoms with Crippen molar-refractivity contribution in [3.05, 3.63) is 69.3 Å². The Kier molecular flexibility index (Phi) is 4.52. The van der Waals surface area contributed by atoms with Gasteiger partial charge >= 0.3 is 0 Å². The Bertz CT molecular complexity index is 1200. The van der Waals surface area contributed by atoms with E-state index in [0.29, 0.717) is 30.6 Å². The predicted molar refractivity (Wildman–Crippen MR) is 110 cm³/mol. The largest absolute Gasteiger partial charge is 0.365 e. The number of hydrogen-bond acceptors (Lipinski definition) is 6. The lowest BCUT2D eigenvalue weighted by atomic mass is 10.0. The average Bonchev–Trinajstić information content (AvgIpc) is 3.34. The van der Waals surface area contributed by atoms with E-state index in [-0.39, 0.29) is 6.10 Å². The SMILES string of the molecule is Cc1ccc([C@H]2Cn3nnc(-c4nc(-c5ccccc5Br)no4)c3CO2)c(C)c1. The van der Waals surface area contributed by atoms with Gasteiger partial charge in [0, 0.05) is 10.0 Å². The molecule has 8 heteroatoms. The molecule has 1 aliphatic rings. The fraction of sp³-hybridized carbons (Fsp3) is 0.238. The molecular formula is C21H18BrN5O2. The van der Waals surface area contributed by atoms with Crippen LogP contribution in [0, 0.1) is 13.8 Å². The zero-order valence-electron chi connectivity index (χ0n) is 16.0. The van der Waals surface area contributed by atoms with Gasteiger partial charge in [-0.3, -0.25) is 0 Å². The molecule has 0 aliphatic carbocycles. The van der Waals surface area contributed by atoms with Crippen molar-refractivity contribution < 1.29 is 9.26 Å². The number of halogens is 1. The maximum Gasteiger partial charge on any atom is 0.280 e. The minimum atomic E-state index is -0.0591. The van der Waals surface area contributed by atoms with Gasteiger partial charge < -0.3 is 9.26 Å². The van der Waals surface area contributed by atoms with Crippen LogP contribution in [0.15, 0.2) is 51.5 Å². The third-order valence-electron chi connectivity index (χ3n) is 5.11. The summed E-state index contributed by atoms with van der Waals surface area (Å²) in [5.74, 6) is 0.838. The standard InChI is InChI=1S/C21H18BrN5O2/c1-12-7-8-14(13(2)9-12)18-10-27-17(11-28-18)19(24-26-27)21-23-20(25-29-21)15-5-3-4-6-16(15)22/h3-9,18H,10-11H2,1-2H3/t18-/m1/s1. The van der Waals surface area contributed by atoms with Gasteiger partial charge in [0.1, 0.15) is 6.10 Å². The van der Waals surface area contributed by atoms with Gasteiger partial charge in [0.2, 0.25) is 5.82 Å². The molecule has 2 aromatic carbocycles. The highest BCUT2D eigenvalue weighted by Crippen LogP contribution is 2.33. The number of aromatic nitrogens is 5. The topological polar surface area (TPSA) is 78.9 Å². The Morgan fingerprint density at radius 2 is 2.00 bits per heavy atom. The highest BCUT2D eigenvalue weighted by Gasteiger charge is 2.28. The van der Waals surface area contributed by atoms with Crippen molar-refractivity contribution in [2.75, 3.05) is 0 Å². The van der Waals surface area contributed by atoms with Gasteiger partial charge in [-0.2, -0.15) is 4.98 Å². The minimum Gasteiger partial charge on any atom is -0.365 e. The lowest BCUT2D eigenvalue weighted by molar-refractivity contribution is -0.00153. The first-order valence-corrected chi connectivity index (χ1v) is 10.1. The Hall–Kier alpha value is -2.84. The molecule has 2 aromatic heterocycles. The monoisotopic (exact) mass is 451 g/mol. The first-order chi connectivity index (χ1) is 14.1. The normalized spacial score (nSPS) is 16.0. The van der Waals surface area contributed by atoms with E-state index in [2.05, 4.69) is 68.4 Å². The Balaban J connectivity index is 1.43. The Labute approximate surface area is 175 Å². The number of fused-ring (bicyclic) bond motifs is 1. The summed E-state index contributed by atoms with van der Waals surface area (Å²) in [6.45, 7) is 5.17. The maximum atomic E-state index is 6.14. The molecule has 0 saturated heterocycles. The second-order valence-electron chi connectivity index (χ2n) is 7.13. The first kappa shape index (κ1) is 18.2. The fourth-order valence-electron chi connectivity index (χ4n) is 3.62. The van der Waals surface area contributed by atoms with Crippen LogP contribution in [0.2, 0.25) is 0 Å². The number of benzene rings is 2. The number of nitrogens with zero attached hydrogens (tertiary/aromatic N) is 5. The number of hydrogen-bond donors (Lipinski definition) is 0. The molecular weight excluding hydrogens is 434 g/mol. The summed E-state index contributed by atoms with van der Waals surface area (Å²) < 4.78 is 14.4. The van der Waals surface area contributed by atoms with Crippen molar-refractivity contribution in [2.45, 2.75) is 33.1 Å². The summed E-state index contributed by atoms with van der Waals surface area (Å²) in [5.41, 5.74) is 5.89. The van der Waals surface area contributed by atoms with E-state index in [4.69, 9.17) is 9.26 Å². The van der Waals surface area contributed by atoms with Crippen molar-refractivity contribution >= 4 is 15.9 Å². The van der Waals surface area contributed by atoms with Crippen molar-refractivity contribution in [2.24, 2.45) is 0 Å². The Morgan fingerprint density at radius 3 is 2.83 bits per heavy atom. The molecule has 1 aliphatic heterocycles. The predicted octanol–water partition coefficient (Wildman–Crippen LogP) is 4.65. The van der Waals surface area contributed by atoms with Crippen LogP contribution in [0.5, 0.6) is 0 Å². The molecule has 0 N–H and O–H groups in total. The third kappa shape index (κ3) is 3.28. The van der Waals surface area contributed by atoms with Gasteiger partial charge in [0.15, 0.2) is 5.69 Å². The summed E-state index contributed by atoms with van der Waals surface area (Å²) in [6, 6.07) is 14.1. The number of aryl methyl sites for hydroxylation is 2. The molecule has 0 fully saturated rings. The lowest BCUT2D eigenvalue weighted by Gasteiger charge is -2.25. The van der Waals surface area contributed by atoms with E-state index < -0.39 is 0 Å². The van der Waals surface area contributed by atoms with Crippen LogP contribution in [0.4, 0.5) is 0 Å². The molecule has 0 amide bonds. The van der Waals surface area contributed by atoms with Gasteiger partial charge in [-0.25, -0.2) is 4.68 Å². The summed E-state index contributed by atoms with van der Waals surface area (Å²) in [7, 11) is 0. The van der Waals surface area contributed by atoms with Gasteiger partial charge in [0.05, 0.1) is 18.8 Å². The van der Waals surface area contributed by atoms with Crippen LogP contribution in [0.1, 0.15) is 28.5 Å². The van der Waals surface area contributed by atoms with E-state index in [1.807, 2.05) is 28.9 Å². The molecule has 4 aromatic rings. The zero-order valence-corrected chi connectivity index (χ0v) is 17.5. The van der Waals surface area contributed by atoms with Gasteiger partial charge in [-0.15, -0.1) is 5.10 Å². The van der Waals surface area contributed by atoms with Crippen molar-refractivity contribution in [1.29, 1.82) is 0 Å². The van der Waals surface area contributed by atoms with Crippen molar-refractivity contribution in [3.8, 4) is 23.0 Å². The average molecular weight is 452 g/mol. The second kappa shape index (κ2) is 7.20. The molecule has 0 saturated carbocycles. The maximum absolute atomic E-state index is 6.14. The Morgan fingerprint density at radius 1 is 1.14 bits per heavy atom. The van der Waals surface area contributed by atoms with Crippen LogP contribution >= 0.6 is 15.9 Å². The third-order valence-corrected chi connectivity index (χ3v) is 5.80. The summed E-state index contributed by atoms with van der Waals surface area (Å²) in [6.07, 6.45) is -0.0591. The smallest absolute Gasteiger partial charge is 0.280 e. The van der Waals surface area contributed by atoms with Crippen LogP contribution in [-0.2, 0) is 17.9 Å². The molecule has 0 bridgehead atoms. The fourth-order valence-corrected chi connectivity index (χ4v) is 4.09. The van der Waals surface area contributed by atoms with Crippen LogP contribution in [0.3, 0.4) is 0 Å². The minimum absolute atomic E-state index is 0.0591. The highest BCUT2D eigenvalue weighted by atomic mass is 79.9. The highest BCUT2D eigenvalue weighted by molar-refractivity contribution is 9.10. The van der Waals surface area contributed by atoms with E-state index in [1.165, 1.54) is 16.7 Å². The van der Waals surface area contributed by atoms with Crippen LogP contribution in [0.25, 0.3) is 23.0 Å². The van der Waals surface area contributed by atoms with Gasteiger partial charge in [0.25, 0.3) is 5.89 Å². The van der Waals surface area contributed by atoms with Crippen LogP contribution < -0.4 is 0 Å². The second-order valence-corrected chi connectivity index (χ2v) is 7.98. The summed E-state index contributed by atoms with van der Waals surface area (Å²) in [4.78, 5) is 4.51. The van der Waals surface area contributed by atoms with E-state index in [0.717, 1.165) is 15.7 Å². The molecule has 0 unspecified atom stereocenters. The quantitative estimate of drug-likeness (QED) is 0.451. The summed E-state index contributed by atoms with van der Waals surface area (Å²) >= 11 is 3.52. The number of ether oxygens (including phenoxy) is 1. The van der Waals surface area contributed by atoms with E-state index in [1.54, 1.807) is 0 Å². The molecule has 7 nitrogen and oxygen atoms in total. The molecule has 0 spiro atoms. The van der Waals surface area contributed by atoms with E-state index in [9.17, 15) is 0 Å². The molecule has 146 valence electrons. The first-order valence-electron chi connectivity index (χ1n) is 9.30. The lowest BCUT2D eigenvalue weighted by Crippen LogP contribution is -2.22. The van der Waals surface area contributed by atoms with Gasteiger partial charge in [-0.1, -0.05) is 62.2 Å². The molecule has 5 rings (SSSR count). The van der Waals surface area contributed by atoms with Gasteiger partial charge in [-0.05, 0) is 37.1 Å². The molecule has 3 heterocycles. The summed E-state index contributed by atoms with van der Waals surface area (Å²) in [5, 5.41) is 12.7. The molecule has 0 radical (unpaired) electrons. The van der Waals surface area contributed by atoms with Crippen molar-refractivity contribution in [3.63, 3.8) is 0 Å². The van der Waals surface area contributed by atoms with E-state index >= 15 is 0 Å². The number of rotatable bonds is 3. The zero-order chi connectivity index (χ0) is 20.0. The van der Waals surface area contributed by atoms with Crippen molar-refractivity contribution in [1.82, 2.24) is 25.1 Å². The molecule has 1 atom stereocenters.